The molecular formula is C15H26N2. The second-order valence-corrected chi connectivity index (χ2v) is 5.30. The van der Waals surface area contributed by atoms with Crippen LogP contribution in [0.4, 0.5) is 0 Å². The van der Waals surface area contributed by atoms with Crippen molar-refractivity contribution in [1.29, 1.82) is 0 Å². The molecule has 0 spiro atoms. The Morgan fingerprint density at radius 2 is 1.94 bits per heavy atom. The van der Waals surface area contributed by atoms with Crippen LogP contribution >= 0.6 is 0 Å². The predicted octanol–water partition coefficient (Wildman–Crippen LogP) is 2.73. The van der Waals surface area contributed by atoms with Crippen molar-refractivity contribution in [3.8, 4) is 0 Å². The van der Waals surface area contributed by atoms with Crippen molar-refractivity contribution < 1.29 is 0 Å². The van der Waals surface area contributed by atoms with Gasteiger partial charge in [0, 0.05) is 12.6 Å². The molecule has 2 nitrogen and oxygen atoms in total. The number of hydrogen-bond donors (Lipinski definition) is 1. The Morgan fingerprint density at radius 1 is 1.24 bits per heavy atom. The molecule has 0 fully saturated rings. The molecule has 0 saturated heterocycles. The van der Waals surface area contributed by atoms with E-state index in [4.69, 9.17) is 0 Å². The van der Waals surface area contributed by atoms with E-state index in [1.165, 1.54) is 23.1 Å². The highest BCUT2D eigenvalue weighted by atomic mass is 15.1. The fraction of sp³-hybridized carbons (Fsp3) is 0.600. The van der Waals surface area contributed by atoms with Crippen molar-refractivity contribution >= 4 is 0 Å². The minimum Gasteiger partial charge on any atom is -0.310 e. The van der Waals surface area contributed by atoms with Crippen LogP contribution in [0.5, 0.6) is 0 Å². The van der Waals surface area contributed by atoms with E-state index >= 15 is 0 Å². The summed E-state index contributed by atoms with van der Waals surface area (Å²) in [6.07, 6.45) is 1.19. The van der Waals surface area contributed by atoms with Crippen LogP contribution < -0.4 is 5.32 Å². The lowest BCUT2D eigenvalue weighted by molar-refractivity contribution is 0.365. The van der Waals surface area contributed by atoms with Gasteiger partial charge < -0.3 is 10.2 Å². The van der Waals surface area contributed by atoms with E-state index in [1.54, 1.807) is 0 Å². The Bertz CT molecular complexity index is 345. The minimum atomic E-state index is 0.568. The van der Waals surface area contributed by atoms with Crippen molar-refractivity contribution in [3.63, 3.8) is 0 Å². The van der Waals surface area contributed by atoms with E-state index in [9.17, 15) is 0 Å². The van der Waals surface area contributed by atoms with Gasteiger partial charge in [-0.3, -0.25) is 0 Å². The molecule has 0 aromatic heterocycles. The molecule has 1 N–H and O–H groups in total. The van der Waals surface area contributed by atoms with Crippen LogP contribution in [0.2, 0.25) is 0 Å². The van der Waals surface area contributed by atoms with Gasteiger partial charge in [-0.2, -0.15) is 0 Å². The molecule has 0 aliphatic carbocycles. The maximum Gasteiger partial charge on any atom is 0.0210 e. The summed E-state index contributed by atoms with van der Waals surface area (Å²) >= 11 is 0. The van der Waals surface area contributed by atoms with Crippen LogP contribution in [-0.2, 0) is 6.54 Å². The molecule has 0 heterocycles. The van der Waals surface area contributed by atoms with Crippen molar-refractivity contribution in [2.75, 3.05) is 20.6 Å². The quantitative estimate of drug-likeness (QED) is 0.814. The third-order valence-electron chi connectivity index (χ3n) is 3.15. The molecule has 1 unspecified atom stereocenters. The smallest absolute Gasteiger partial charge is 0.0210 e. The largest absolute Gasteiger partial charge is 0.310 e. The number of benzene rings is 1. The van der Waals surface area contributed by atoms with Gasteiger partial charge in [-0.25, -0.2) is 0 Å². The number of aryl methyl sites for hydroxylation is 2. The molecule has 0 saturated carbocycles. The van der Waals surface area contributed by atoms with Gasteiger partial charge in [-0.05, 0) is 59.0 Å². The van der Waals surface area contributed by atoms with E-state index in [1.807, 2.05) is 0 Å². The molecule has 0 aliphatic rings. The fourth-order valence-corrected chi connectivity index (χ4v) is 1.88. The van der Waals surface area contributed by atoms with Gasteiger partial charge in [-0.1, -0.05) is 23.8 Å². The Hall–Kier alpha value is -0.860. The molecule has 1 aromatic rings. The maximum atomic E-state index is 3.59. The Kier molecular flexibility index (Phi) is 5.66. The van der Waals surface area contributed by atoms with Crippen LogP contribution in [0, 0.1) is 13.8 Å². The number of rotatable bonds is 6. The van der Waals surface area contributed by atoms with Crippen molar-refractivity contribution in [1.82, 2.24) is 10.2 Å². The SMILES string of the molecule is Cc1ccc(CNC(C)CCN(C)C)c(C)c1. The van der Waals surface area contributed by atoms with Crippen LogP contribution in [0.15, 0.2) is 18.2 Å². The number of hydrogen-bond acceptors (Lipinski definition) is 2. The van der Waals surface area contributed by atoms with E-state index in [-0.39, 0.29) is 0 Å². The lowest BCUT2D eigenvalue weighted by atomic mass is 10.1. The zero-order valence-electron chi connectivity index (χ0n) is 11.9. The molecule has 96 valence electrons. The first-order valence-electron chi connectivity index (χ1n) is 6.43. The lowest BCUT2D eigenvalue weighted by Gasteiger charge is -2.17. The zero-order chi connectivity index (χ0) is 12.8. The van der Waals surface area contributed by atoms with Crippen molar-refractivity contribution in [2.45, 2.75) is 39.8 Å². The predicted molar refractivity (Wildman–Crippen MR) is 75.4 cm³/mol. The van der Waals surface area contributed by atoms with E-state index in [0.717, 1.165) is 13.1 Å². The standard InChI is InChI=1S/C15H26N2/c1-12-6-7-15(13(2)10-12)11-16-14(3)8-9-17(4)5/h6-7,10,14,16H,8-9,11H2,1-5H3. The van der Waals surface area contributed by atoms with Crippen LogP contribution in [0.1, 0.15) is 30.0 Å². The minimum absolute atomic E-state index is 0.568. The summed E-state index contributed by atoms with van der Waals surface area (Å²) in [6.45, 7) is 8.70. The summed E-state index contributed by atoms with van der Waals surface area (Å²) in [5, 5.41) is 3.59. The van der Waals surface area contributed by atoms with Gasteiger partial charge in [0.05, 0.1) is 0 Å². The average Bonchev–Trinajstić information content (AvgIpc) is 2.25. The van der Waals surface area contributed by atoms with Crippen LogP contribution in [0.25, 0.3) is 0 Å². The summed E-state index contributed by atoms with van der Waals surface area (Å²) in [6, 6.07) is 7.24. The topological polar surface area (TPSA) is 15.3 Å². The molecule has 0 bridgehead atoms. The van der Waals surface area contributed by atoms with Gasteiger partial charge in [0.25, 0.3) is 0 Å². The van der Waals surface area contributed by atoms with Gasteiger partial charge >= 0.3 is 0 Å². The summed E-state index contributed by atoms with van der Waals surface area (Å²) in [4.78, 5) is 2.23. The molecule has 1 rings (SSSR count). The number of nitrogens with zero attached hydrogens (tertiary/aromatic N) is 1. The third kappa shape index (κ3) is 5.33. The molecule has 0 radical (unpaired) electrons. The van der Waals surface area contributed by atoms with Crippen molar-refractivity contribution in [2.24, 2.45) is 0 Å². The summed E-state index contributed by atoms with van der Waals surface area (Å²) in [5.41, 5.74) is 4.14. The summed E-state index contributed by atoms with van der Waals surface area (Å²) < 4.78 is 0. The highest BCUT2D eigenvalue weighted by molar-refractivity contribution is 5.30. The van der Waals surface area contributed by atoms with Gasteiger partial charge in [0.1, 0.15) is 0 Å². The van der Waals surface area contributed by atoms with E-state index in [0.29, 0.717) is 6.04 Å². The molecule has 1 atom stereocenters. The molecular weight excluding hydrogens is 208 g/mol. The second-order valence-electron chi connectivity index (χ2n) is 5.30. The van der Waals surface area contributed by atoms with Gasteiger partial charge in [0.15, 0.2) is 0 Å². The highest BCUT2D eigenvalue weighted by Crippen LogP contribution is 2.10. The first-order chi connectivity index (χ1) is 7.99. The van der Waals surface area contributed by atoms with E-state index < -0.39 is 0 Å². The third-order valence-corrected chi connectivity index (χ3v) is 3.15. The zero-order valence-corrected chi connectivity index (χ0v) is 11.9. The first kappa shape index (κ1) is 14.2. The summed E-state index contributed by atoms with van der Waals surface area (Å²) in [5.74, 6) is 0. The lowest BCUT2D eigenvalue weighted by Crippen LogP contribution is -2.29. The van der Waals surface area contributed by atoms with Gasteiger partial charge in [0.2, 0.25) is 0 Å². The fourth-order valence-electron chi connectivity index (χ4n) is 1.88. The molecule has 17 heavy (non-hydrogen) atoms. The Morgan fingerprint density at radius 3 is 2.53 bits per heavy atom. The molecule has 0 aliphatic heterocycles. The molecule has 2 heteroatoms. The Balaban J connectivity index is 2.39. The number of nitrogens with one attached hydrogen (secondary N) is 1. The second kappa shape index (κ2) is 6.77. The van der Waals surface area contributed by atoms with Crippen molar-refractivity contribution in [3.05, 3.63) is 34.9 Å². The van der Waals surface area contributed by atoms with Gasteiger partial charge in [-0.15, -0.1) is 0 Å². The first-order valence-corrected chi connectivity index (χ1v) is 6.43. The monoisotopic (exact) mass is 234 g/mol. The normalized spacial score (nSPS) is 13.1. The highest BCUT2D eigenvalue weighted by Gasteiger charge is 2.04. The van der Waals surface area contributed by atoms with E-state index in [2.05, 4.69) is 63.3 Å². The molecule has 1 aromatic carbocycles. The summed E-state index contributed by atoms with van der Waals surface area (Å²) in [7, 11) is 4.24. The Labute approximate surface area is 106 Å². The average molecular weight is 234 g/mol. The molecule has 0 amide bonds. The van der Waals surface area contributed by atoms with Crippen LogP contribution in [-0.4, -0.2) is 31.6 Å². The van der Waals surface area contributed by atoms with Crippen LogP contribution in [0.3, 0.4) is 0 Å². The maximum absolute atomic E-state index is 3.59.